The molecule has 0 fully saturated rings. The third-order valence-electron chi connectivity index (χ3n) is 6.83. The van der Waals surface area contributed by atoms with E-state index >= 15 is 0 Å². The highest BCUT2D eigenvalue weighted by molar-refractivity contribution is 8.31. The fourth-order valence-electron chi connectivity index (χ4n) is 4.85. The Morgan fingerprint density at radius 1 is 0.909 bits per heavy atom. The average Bonchev–Trinajstić information content (AvgIpc) is 3.51. The van der Waals surface area contributed by atoms with Gasteiger partial charge in [0.2, 0.25) is 5.91 Å². The Kier molecular flexibility index (Phi) is 8.77. The highest BCUT2D eigenvalue weighted by Crippen LogP contribution is 2.52. The predicted octanol–water partition coefficient (Wildman–Crippen LogP) is 5.24. The minimum absolute atomic E-state index is 0.119. The van der Waals surface area contributed by atoms with E-state index < -0.39 is 46.4 Å². The van der Waals surface area contributed by atoms with Gasteiger partial charge in [0.05, 0.1) is 22.0 Å². The lowest BCUT2D eigenvalue weighted by Crippen LogP contribution is -2.50. The molecule has 0 bridgehead atoms. The van der Waals surface area contributed by atoms with Gasteiger partial charge in [0.25, 0.3) is 5.91 Å². The van der Waals surface area contributed by atoms with Crippen LogP contribution in [-0.4, -0.2) is 48.6 Å². The largest absolute Gasteiger partial charge is 0.444 e. The number of rotatable bonds is 9. The van der Waals surface area contributed by atoms with Crippen molar-refractivity contribution in [3.05, 3.63) is 107 Å². The SMILES string of the molecule is CC(C)(C)OC(=O)N[C@@H](Cc1ccccc1)C(=O)NC(Cc1ccc(C2=CC(=O)NS2(O)O)cc1)c1nc2ccccc2[nH]1. The molecule has 11 nitrogen and oxygen atoms in total. The maximum atomic E-state index is 13.8. The number of fused-ring (bicyclic) bond motifs is 1. The molecular formula is C32H35N5O6S. The van der Waals surface area contributed by atoms with Crippen molar-refractivity contribution in [3.8, 4) is 0 Å². The van der Waals surface area contributed by atoms with E-state index in [1.165, 1.54) is 6.08 Å². The number of H-pyrrole nitrogens is 1. The molecule has 1 unspecified atom stereocenters. The molecule has 1 aliphatic heterocycles. The molecule has 2 atom stereocenters. The summed E-state index contributed by atoms with van der Waals surface area (Å²) in [6, 6.07) is 22.3. The van der Waals surface area contributed by atoms with E-state index in [1.807, 2.05) is 54.6 Å². The summed E-state index contributed by atoms with van der Waals surface area (Å²) in [5, 5.41) is 5.81. The van der Waals surface area contributed by atoms with Gasteiger partial charge in [-0.2, -0.15) is 0 Å². The molecule has 44 heavy (non-hydrogen) atoms. The van der Waals surface area contributed by atoms with E-state index in [0.717, 1.165) is 22.2 Å². The zero-order chi connectivity index (χ0) is 31.5. The van der Waals surface area contributed by atoms with Crippen molar-refractivity contribution in [1.82, 2.24) is 25.3 Å². The molecular weight excluding hydrogens is 582 g/mol. The fraction of sp³-hybridized carbons (Fsp3) is 0.250. The quantitative estimate of drug-likeness (QED) is 0.150. The van der Waals surface area contributed by atoms with Crippen LogP contribution in [0, 0.1) is 0 Å². The second-order valence-electron chi connectivity index (χ2n) is 11.5. The lowest BCUT2D eigenvalue weighted by molar-refractivity contribution is -0.124. The van der Waals surface area contributed by atoms with Crippen LogP contribution >= 0.6 is 10.8 Å². The minimum Gasteiger partial charge on any atom is -0.444 e. The molecule has 2 heterocycles. The number of ether oxygens (including phenoxy) is 1. The maximum Gasteiger partial charge on any atom is 0.408 e. The molecule has 1 aromatic heterocycles. The molecule has 0 saturated carbocycles. The first-order valence-electron chi connectivity index (χ1n) is 14.1. The van der Waals surface area contributed by atoms with E-state index in [0.29, 0.717) is 17.8 Å². The Hall–Kier alpha value is -4.65. The number of nitrogens with zero attached hydrogens (tertiary/aromatic N) is 1. The van der Waals surface area contributed by atoms with Gasteiger partial charge in [0.1, 0.15) is 17.5 Å². The van der Waals surface area contributed by atoms with Gasteiger partial charge in [-0.3, -0.25) is 18.7 Å². The molecule has 0 radical (unpaired) electrons. The molecule has 12 heteroatoms. The number of para-hydroxylation sites is 2. The number of aromatic amines is 1. The van der Waals surface area contributed by atoms with Crippen molar-refractivity contribution in [3.63, 3.8) is 0 Å². The summed E-state index contributed by atoms with van der Waals surface area (Å²) in [7, 11) is -3.41. The molecule has 0 saturated heterocycles. The molecule has 0 spiro atoms. The van der Waals surface area contributed by atoms with Crippen LogP contribution in [0.4, 0.5) is 4.79 Å². The van der Waals surface area contributed by atoms with E-state index in [9.17, 15) is 23.5 Å². The van der Waals surface area contributed by atoms with Crippen LogP contribution in [0.2, 0.25) is 0 Å². The van der Waals surface area contributed by atoms with Crippen molar-refractivity contribution in [2.75, 3.05) is 0 Å². The number of benzene rings is 3. The molecule has 230 valence electrons. The van der Waals surface area contributed by atoms with Crippen molar-refractivity contribution < 1.29 is 28.2 Å². The van der Waals surface area contributed by atoms with Gasteiger partial charge in [0.15, 0.2) is 0 Å². The van der Waals surface area contributed by atoms with Crippen LogP contribution in [-0.2, 0) is 27.2 Å². The van der Waals surface area contributed by atoms with Gasteiger partial charge in [0, 0.05) is 12.5 Å². The van der Waals surface area contributed by atoms with Gasteiger partial charge in [-0.05, 0) is 56.0 Å². The van der Waals surface area contributed by atoms with Crippen molar-refractivity contribution in [1.29, 1.82) is 0 Å². The smallest absolute Gasteiger partial charge is 0.408 e. The normalized spacial score (nSPS) is 16.4. The third kappa shape index (κ3) is 7.64. The van der Waals surface area contributed by atoms with Gasteiger partial charge in [-0.15, -0.1) is 0 Å². The number of aromatic nitrogens is 2. The highest BCUT2D eigenvalue weighted by atomic mass is 32.3. The van der Waals surface area contributed by atoms with Crippen molar-refractivity contribution in [2.24, 2.45) is 0 Å². The molecule has 1 aliphatic rings. The number of nitrogens with one attached hydrogen (secondary N) is 4. The number of carbonyl (C=O) groups is 3. The van der Waals surface area contributed by atoms with Gasteiger partial charge in [-0.25, -0.2) is 14.5 Å². The summed E-state index contributed by atoms with van der Waals surface area (Å²) >= 11 is 0. The molecule has 3 amide bonds. The topological polar surface area (TPSA) is 166 Å². The van der Waals surface area contributed by atoms with Crippen LogP contribution in [0.25, 0.3) is 15.9 Å². The Bertz CT molecular complexity index is 1660. The monoisotopic (exact) mass is 617 g/mol. The maximum absolute atomic E-state index is 13.8. The van der Waals surface area contributed by atoms with Crippen molar-refractivity contribution in [2.45, 2.75) is 51.3 Å². The molecule has 5 rings (SSSR count). The Morgan fingerprint density at radius 3 is 2.20 bits per heavy atom. The Morgan fingerprint density at radius 2 is 1.57 bits per heavy atom. The van der Waals surface area contributed by atoms with Crippen LogP contribution in [0.1, 0.15) is 49.3 Å². The van der Waals surface area contributed by atoms with E-state index in [1.54, 1.807) is 45.0 Å². The fourth-order valence-corrected chi connectivity index (χ4v) is 6.03. The lowest BCUT2D eigenvalue weighted by atomic mass is 10.0. The van der Waals surface area contributed by atoms with Crippen LogP contribution in [0.15, 0.2) is 84.9 Å². The summed E-state index contributed by atoms with van der Waals surface area (Å²) in [5.74, 6) is -0.458. The second kappa shape index (κ2) is 12.5. The molecule has 3 aromatic carbocycles. The van der Waals surface area contributed by atoms with E-state index in [-0.39, 0.29) is 11.3 Å². The standard InChI is InChI=1S/C32H35N5O6S/c1-32(2,3)43-31(40)36-26(18-20-9-5-4-6-10-20)30(39)35-25(29-33-23-11-7-8-12-24(23)34-29)17-21-13-15-22(16-14-21)27-19-28(38)37-44(27,41)42/h4-16,19,25-26,41-42H,17-18H2,1-3H3,(H,33,34)(H,35,39)(H,36,40)(H,37,38)/t25?,26-/m0/s1. The van der Waals surface area contributed by atoms with Gasteiger partial charge in [-0.1, -0.05) is 77.5 Å². The van der Waals surface area contributed by atoms with Gasteiger partial charge >= 0.3 is 6.09 Å². The second-order valence-corrected chi connectivity index (χ2v) is 13.3. The molecule has 6 N–H and O–H groups in total. The first kappa shape index (κ1) is 30.8. The lowest BCUT2D eigenvalue weighted by Gasteiger charge is -2.29. The molecule has 4 aromatic rings. The summed E-state index contributed by atoms with van der Waals surface area (Å²) in [5.41, 5.74) is 2.96. The number of imidazole rings is 1. The summed E-state index contributed by atoms with van der Waals surface area (Å²) in [4.78, 5) is 46.4. The first-order valence-corrected chi connectivity index (χ1v) is 15.6. The van der Waals surface area contributed by atoms with E-state index in [4.69, 9.17) is 9.72 Å². The number of hydrogen-bond donors (Lipinski definition) is 6. The summed E-state index contributed by atoms with van der Waals surface area (Å²) in [6.07, 6.45) is 1.03. The zero-order valence-electron chi connectivity index (χ0n) is 24.5. The summed E-state index contributed by atoms with van der Waals surface area (Å²) in [6.45, 7) is 5.26. The van der Waals surface area contributed by atoms with E-state index in [2.05, 4.69) is 20.3 Å². The number of amides is 3. The van der Waals surface area contributed by atoms with Gasteiger partial charge < -0.3 is 20.4 Å². The predicted molar refractivity (Wildman–Crippen MR) is 169 cm³/mol. The average molecular weight is 618 g/mol. The minimum atomic E-state index is -3.41. The summed E-state index contributed by atoms with van der Waals surface area (Å²) < 4.78 is 28.1. The number of alkyl carbamates (subject to hydrolysis) is 1. The Labute approximate surface area is 256 Å². The van der Waals surface area contributed by atoms with Crippen LogP contribution in [0.3, 0.4) is 0 Å². The highest BCUT2D eigenvalue weighted by Gasteiger charge is 2.30. The Balaban J connectivity index is 1.42. The first-order chi connectivity index (χ1) is 20.9. The zero-order valence-corrected chi connectivity index (χ0v) is 25.4. The van der Waals surface area contributed by atoms with Crippen LogP contribution < -0.4 is 15.4 Å². The van der Waals surface area contributed by atoms with Crippen LogP contribution in [0.5, 0.6) is 0 Å². The number of hydrogen-bond acceptors (Lipinski definition) is 7. The number of carbonyl (C=O) groups excluding carboxylic acids is 3. The van der Waals surface area contributed by atoms with Crippen molar-refractivity contribution >= 4 is 44.6 Å². The third-order valence-corrected chi connectivity index (χ3v) is 8.29. The molecule has 0 aliphatic carbocycles.